The fourth-order valence-electron chi connectivity index (χ4n) is 2.48. The second-order valence-corrected chi connectivity index (χ2v) is 7.46. The third-order valence-corrected chi connectivity index (χ3v) is 5.44. The lowest BCUT2D eigenvalue weighted by Crippen LogP contribution is -2.44. The highest BCUT2D eigenvalue weighted by atomic mass is 79.9. The number of nitrogens with zero attached hydrogens (tertiary/aromatic N) is 1. The molecule has 1 aromatic carbocycles. The Balaban J connectivity index is 1.73. The van der Waals surface area contributed by atoms with Gasteiger partial charge in [0.2, 0.25) is 5.91 Å². The van der Waals surface area contributed by atoms with Crippen LogP contribution in [0.1, 0.15) is 21.7 Å². The van der Waals surface area contributed by atoms with Gasteiger partial charge in [-0.2, -0.15) is 0 Å². The first-order valence-electron chi connectivity index (χ1n) is 7.48. The second-order valence-electron chi connectivity index (χ2n) is 5.68. The Bertz CT molecular complexity index is 790. The van der Waals surface area contributed by atoms with Gasteiger partial charge in [-0.05, 0) is 65.2 Å². The number of furan rings is 1. The first-order chi connectivity index (χ1) is 11.5. The van der Waals surface area contributed by atoms with Crippen LogP contribution in [0.25, 0.3) is 0 Å². The Hall–Kier alpha value is -1.73. The van der Waals surface area contributed by atoms with Crippen LogP contribution in [0.4, 0.5) is 5.69 Å². The van der Waals surface area contributed by atoms with Gasteiger partial charge in [0.05, 0.1) is 5.88 Å². The molecule has 24 heavy (non-hydrogen) atoms. The fourth-order valence-corrected chi connectivity index (χ4v) is 3.94. The molecule has 1 aliphatic rings. The zero-order valence-electron chi connectivity index (χ0n) is 13.3. The maximum atomic E-state index is 12.6. The summed E-state index contributed by atoms with van der Waals surface area (Å²) in [6, 6.07) is 8.54. The highest BCUT2D eigenvalue weighted by molar-refractivity contribution is 9.10. The maximum Gasteiger partial charge on any atom is 0.291 e. The highest BCUT2D eigenvalue weighted by Crippen LogP contribution is 2.26. The fraction of sp³-hybridized carbons (Fsp3) is 0.294. The average Bonchev–Trinajstić information content (AvgIpc) is 3.19. The van der Waals surface area contributed by atoms with Crippen molar-refractivity contribution in [2.75, 3.05) is 16.9 Å². The van der Waals surface area contributed by atoms with Crippen molar-refractivity contribution in [3.05, 3.63) is 51.9 Å². The molecule has 0 radical (unpaired) electrons. The van der Waals surface area contributed by atoms with Crippen LogP contribution in [0.15, 0.2) is 39.4 Å². The minimum Gasteiger partial charge on any atom is -0.444 e. The van der Waals surface area contributed by atoms with Gasteiger partial charge >= 0.3 is 0 Å². The highest BCUT2D eigenvalue weighted by Gasteiger charge is 2.36. The molecule has 2 heterocycles. The molecule has 1 aliphatic heterocycles. The quantitative estimate of drug-likeness (QED) is 0.838. The summed E-state index contributed by atoms with van der Waals surface area (Å²) < 4.78 is 5.81. The van der Waals surface area contributed by atoms with Gasteiger partial charge in [0.15, 0.2) is 10.4 Å². The molecule has 1 unspecified atom stereocenters. The van der Waals surface area contributed by atoms with Gasteiger partial charge in [0, 0.05) is 11.4 Å². The van der Waals surface area contributed by atoms with E-state index < -0.39 is 6.04 Å². The van der Waals surface area contributed by atoms with E-state index in [4.69, 9.17) is 4.42 Å². The van der Waals surface area contributed by atoms with Crippen LogP contribution in [0.3, 0.4) is 0 Å². The van der Waals surface area contributed by atoms with E-state index in [9.17, 15) is 9.59 Å². The van der Waals surface area contributed by atoms with Gasteiger partial charge in [-0.15, -0.1) is 11.8 Å². The summed E-state index contributed by atoms with van der Waals surface area (Å²) in [5.41, 5.74) is 3.03. The van der Waals surface area contributed by atoms with Crippen molar-refractivity contribution in [2.24, 2.45) is 0 Å². The summed E-state index contributed by atoms with van der Waals surface area (Å²) in [5.74, 6) is 0.827. The number of aryl methyl sites for hydroxylation is 2. The number of anilines is 1. The average molecular weight is 409 g/mol. The van der Waals surface area contributed by atoms with E-state index in [1.54, 1.807) is 28.8 Å². The van der Waals surface area contributed by atoms with Crippen LogP contribution in [-0.4, -0.2) is 34.4 Å². The number of amides is 2. The number of carbonyl (C=O) groups excluding carboxylic acids is 2. The number of rotatable bonds is 3. The van der Waals surface area contributed by atoms with Crippen molar-refractivity contribution in [1.29, 1.82) is 0 Å². The van der Waals surface area contributed by atoms with Crippen molar-refractivity contribution in [1.82, 2.24) is 4.90 Å². The maximum absolute atomic E-state index is 12.6. The number of hydrogen-bond acceptors (Lipinski definition) is 4. The lowest BCUT2D eigenvalue weighted by atomic mass is 10.1. The molecule has 2 amide bonds. The Morgan fingerprint density at radius 1 is 1.25 bits per heavy atom. The molecule has 2 aromatic rings. The summed E-state index contributed by atoms with van der Waals surface area (Å²) in [6.07, 6.45) is 0. The van der Waals surface area contributed by atoms with E-state index in [0.717, 1.165) is 11.3 Å². The van der Waals surface area contributed by atoms with Crippen LogP contribution < -0.4 is 5.32 Å². The van der Waals surface area contributed by atoms with E-state index in [-0.39, 0.29) is 17.6 Å². The molecule has 1 aromatic heterocycles. The molecule has 3 rings (SSSR count). The van der Waals surface area contributed by atoms with Crippen LogP contribution >= 0.6 is 27.7 Å². The molecule has 0 spiro atoms. The number of hydrogen-bond donors (Lipinski definition) is 1. The van der Waals surface area contributed by atoms with E-state index in [0.29, 0.717) is 16.3 Å². The van der Waals surface area contributed by atoms with Crippen molar-refractivity contribution in [3.8, 4) is 0 Å². The van der Waals surface area contributed by atoms with Crippen molar-refractivity contribution in [3.63, 3.8) is 0 Å². The number of carbonyl (C=O) groups is 2. The molecule has 7 heteroatoms. The molecule has 0 bridgehead atoms. The third-order valence-electron chi connectivity index (χ3n) is 4.00. The van der Waals surface area contributed by atoms with Crippen molar-refractivity contribution < 1.29 is 14.0 Å². The van der Waals surface area contributed by atoms with Crippen LogP contribution in [0.5, 0.6) is 0 Å². The Morgan fingerprint density at radius 2 is 2.04 bits per heavy atom. The zero-order chi connectivity index (χ0) is 17.3. The summed E-state index contributed by atoms with van der Waals surface area (Å²) >= 11 is 4.74. The number of halogens is 1. The molecule has 1 fully saturated rings. The minimum absolute atomic E-state index is 0.178. The number of nitrogens with one attached hydrogen (secondary N) is 1. The summed E-state index contributed by atoms with van der Waals surface area (Å²) in [6.45, 7) is 4.03. The van der Waals surface area contributed by atoms with Gasteiger partial charge in [-0.1, -0.05) is 6.07 Å². The molecule has 1 N–H and O–H groups in total. The summed E-state index contributed by atoms with van der Waals surface area (Å²) in [7, 11) is 0. The Morgan fingerprint density at radius 3 is 2.71 bits per heavy atom. The smallest absolute Gasteiger partial charge is 0.291 e. The number of benzene rings is 1. The van der Waals surface area contributed by atoms with Crippen molar-refractivity contribution in [2.45, 2.75) is 19.9 Å². The zero-order valence-corrected chi connectivity index (χ0v) is 15.7. The van der Waals surface area contributed by atoms with Crippen molar-refractivity contribution >= 4 is 45.2 Å². The Labute approximate surface area is 152 Å². The topological polar surface area (TPSA) is 62.6 Å². The predicted molar refractivity (Wildman–Crippen MR) is 98.2 cm³/mol. The largest absolute Gasteiger partial charge is 0.444 e. The second kappa shape index (κ2) is 7.03. The van der Waals surface area contributed by atoms with E-state index in [1.807, 2.05) is 32.0 Å². The molecular weight excluding hydrogens is 392 g/mol. The molecule has 0 aliphatic carbocycles. The third kappa shape index (κ3) is 3.52. The molecule has 5 nitrogen and oxygen atoms in total. The van der Waals surface area contributed by atoms with E-state index >= 15 is 0 Å². The number of thioether (sulfide) groups is 1. The van der Waals surface area contributed by atoms with Gasteiger partial charge in [-0.25, -0.2) is 0 Å². The van der Waals surface area contributed by atoms with E-state index in [2.05, 4.69) is 21.2 Å². The molecule has 0 saturated carbocycles. The van der Waals surface area contributed by atoms with Crippen LogP contribution in [-0.2, 0) is 4.79 Å². The van der Waals surface area contributed by atoms with E-state index in [1.165, 1.54) is 5.56 Å². The van der Waals surface area contributed by atoms with Gasteiger partial charge in [0.25, 0.3) is 5.91 Å². The normalized spacial score (nSPS) is 17.1. The van der Waals surface area contributed by atoms with Gasteiger partial charge in [0.1, 0.15) is 6.04 Å². The predicted octanol–water partition coefficient (Wildman–Crippen LogP) is 3.81. The minimum atomic E-state index is -0.506. The lowest BCUT2D eigenvalue weighted by molar-refractivity contribution is -0.119. The molecule has 126 valence electrons. The van der Waals surface area contributed by atoms with Gasteiger partial charge in [-0.3, -0.25) is 9.59 Å². The monoisotopic (exact) mass is 408 g/mol. The van der Waals surface area contributed by atoms with Crippen LogP contribution in [0.2, 0.25) is 0 Å². The summed E-state index contributed by atoms with van der Waals surface area (Å²) in [5, 5.41) is 2.91. The van der Waals surface area contributed by atoms with Gasteiger partial charge < -0.3 is 14.6 Å². The lowest BCUT2D eigenvalue weighted by Gasteiger charge is -2.22. The molecule has 1 atom stereocenters. The summed E-state index contributed by atoms with van der Waals surface area (Å²) in [4.78, 5) is 26.7. The Kier molecular flexibility index (Phi) is 5.01. The SMILES string of the molecule is Cc1ccc(NC(=O)C2CSCN2C(=O)c2ccc(Br)o2)cc1C. The standard InChI is InChI=1S/C17H17BrN2O3S/c1-10-3-4-12(7-11(10)2)19-16(21)13-8-24-9-20(13)17(22)14-5-6-15(18)23-14/h3-7,13H,8-9H2,1-2H3,(H,19,21). The molecule has 1 saturated heterocycles. The first kappa shape index (κ1) is 17.1. The first-order valence-corrected chi connectivity index (χ1v) is 9.42. The molecular formula is C17H17BrN2O3S. The van der Waals surface area contributed by atoms with Crippen LogP contribution in [0, 0.1) is 13.8 Å².